The van der Waals surface area contributed by atoms with E-state index in [1.165, 1.54) is 0 Å². The summed E-state index contributed by atoms with van der Waals surface area (Å²) in [6.07, 6.45) is 0.505. The average molecular weight is 252 g/mol. The van der Waals surface area contributed by atoms with E-state index in [2.05, 4.69) is 0 Å². The molecule has 0 rings (SSSR count). The molecule has 96 valence electrons. The second kappa shape index (κ2) is 5.41. The van der Waals surface area contributed by atoms with E-state index < -0.39 is 19.0 Å². The molecule has 0 amide bonds. The van der Waals surface area contributed by atoms with Crippen LogP contribution in [0.4, 0.5) is 0 Å². The van der Waals surface area contributed by atoms with Gasteiger partial charge in [0.25, 0.3) is 0 Å². The van der Waals surface area contributed by atoms with Crippen LogP contribution in [0.5, 0.6) is 0 Å². The minimum Gasteiger partial charge on any atom is -0.301 e. The van der Waals surface area contributed by atoms with Gasteiger partial charge in [-0.15, -0.1) is 0 Å². The first-order valence-electron chi connectivity index (χ1n) is 5.07. The van der Waals surface area contributed by atoms with Crippen LogP contribution in [0, 0.1) is 0 Å². The maximum Gasteiger partial charge on any atom is 0.476 e. The lowest BCUT2D eigenvalue weighted by Crippen LogP contribution is -2.24. The number of phosphoric acid groups is 1. The van der Waals surface area contributed by atoms with Gasteiger partial charge in [0.1, 0.15) is 12.9 Å². The van der Waals surface area contributed by atoms with Crippen LogP contribution in [-0.2, 0) is 22.9 Å². The quantitative estimate of drug-likeness (QED) is 0.556. The van der Waals surface area contributed by atoms with Crippen LogP contribution >= 0.6 is 7.82 Å². The Balaban J connectivity index is 4.75. The van der Waals surface area contributed by atoms with Crippen LogP contribution < -0.4 is 0 Å². The molecule has 0 saturated heterocycles. The Morgan fingerprint density at radius 1 is 1.00 bits per heavy atom. The van der Waals surface area contributed by atoms with Crippen LogP contribution in [-0.4, -0.2) is 24.1 Å². The molecular weight excluding hydrogens is 231 g/mol. The van der Waals surface area contributed by atoms with Crippen LogP contribution in [0.2, 0.25) is 0 Å². The van der Waals surface area contributed by atoms with E-state index in [1.54, 1.807) is 41.5 Å². The molecule has 0 aliphatic carbocycles. The van der Waals surface area contributed by atoms with Crippen molar-refractivity contribution in [3.05, 3.63) is 0 Å². The van der Waals surface area contributed by atoms with Crippen molar-refractivity contribution in [2.45, 2.75) is 52.7 Å². The van der Waals surface area contributed by atoms with Crippen molar-refractivity contribution in [2.75, 3.05) is 6.61 Å². The monoisotopic (exact) mass is 252 g/mol. The number of carbonyl (C=O) groups excluding carboxylic acids is 1. The minimum absolute atomic E-state index is 0.316. The van der Waals surface area contributed by atoms with Crippen LogP contribution in [0.3, 0.4) is 0 Å². The Morgan fingerprint density at radius 2 is 1.38 bits per heavy atom. The molecule has 0 atom stereocenters. The maximum absolute atomic E-state index is 12.2. The first-order chi connectivity index (χ1) is 6.97. The first-order valence-corrected chi connectivity index (χ1v) is 6.53. The molecular formula is C10H21O5P. The summed E-state index contributed by atoms with van der Waals surface area (Å²) in [7, 11) is -3.71. The molecule has 0 saturated carbocycles. The van der Waals surface area contributed by atoms with Gasteiger partial charge in [-0.25, -0.2) is 4.57 Å². The van der Waals surface area contributed by atoms with Gasteiger partial charge in [0, 0.05) is 0 Å². The standard InChI is InChI=1S/C10H21O5P/c1-9(2,3)14-16(12,13-8-7-11)15-10(4,5)6/h7H,8H2,1-6H3. The van der Waals surface area contributed by atoms with Crippen LogP contribution in [0.15, 0.2) is 0 Å². The maximum atomic E-state index is 12.2. The number of hydrogen-bond donors (Lipinski definition) is 0. The Kier molecular flexibility index (Phi) is 5.33. The summed E-state index contributed by atoms with van der Waals surface area (Å²) < 4.78 is 27.6. The summed E-state index contributed by atoms with van der Waals surface area (Å²) in [6.45, 7) is 10.1. The van der Waals surface area contributed by atoms with Crippen LogP contribution in [0.25, 0.3) is 0 Å². The number of aldehydes is 1. The van der Waals surface area contributed by atoms with Crippen molar-refractivity contribution in [3.63, 3.8) is 0 Å². The summed E-state index contributed by atoms with van der Waals surface area (Å²) in [5.41, 5.74) is -1.35. The number of hydrogen-bond acceptors (Lipinski definition) is 5. The van der Waals surface area contributed by atoms with Crippen molar-refractivity contribution in [2.24, 2.45) is 0 Å². The third kappa shape index (κ3) is 7.99. The highest BCUT2D eigenvalue weighted by atomic mass is 31.2. The highest BCUT2D eigenvalue weighted by Gasteiger charge is 2.36. The van der Waals surface area contributed by atoms with Gasteiger partial charge in [-0.05, 0) is 41.5 Å². The van der Waals surface area contributed by atoms with E-state index in [-0.39, 0.29) is 6.61 Å². The van der Waals surface area contributed by atoms with Gasteiger partial charge in [-0.3, -0.25) is 13.6 Å². The molecule has 0 aliphatic heterocycles. The Hall–Kier alpha value is -0.220. The SMILES string of the molecule is CC(C)(C)OP(=O)(OCC=O)OC(C)(C)C. The lowest BCUT2D eigenvalue weighted by atomic mass is 10.2. The lowest BCUT2D eigenvalue weighted by Gasteiger charge is -2.30. The second-order valence-electron chi connectivity index (χ2n) is 5.32. The predicted octanol–water partition coefficient (Wildman–Crippen LogP) is 2.94. The van der Waals surface area contributed by atoms with Gasteiger partial charge >= 0.3 is 7.82 Å². The van der Waals surface area contributed by atoms with Gasteiger partial charge in [-0.1, -0.05) is 0 Å². The zero-order chi connectivity index (χ0) is 13.0. The van der Waals surface area contributed by atoms with Crippen molar-refractivity contribution in [1.82, 2.24) is 0 Å². The fourth-order valence-electron chi connectivity index (χ4n) is 0.864. The molecule has 0 aromatic heterocycles. The molecule has 0 N–H and O–H groups in total. The zero-order valence-electron chi connectivity index (χ0n) is 10.8. The largest absolute Gasteiger partial charge is 0.476 e. The van der Waals surface area contributed by atoms with Gasteiger partial charge in [-0.2, -0.15) is 0 Å². The van der Waals surface area contributed by atoms with E-state index in [1.807, 2.05) is 0 Å². The number of carbonyl (C=O) groups is 1. The van der Waals surface area contributed by atoms with Gasteiger partial charge in [0.05, 0.1) is 11.2 Å². The smallest absolute Gasteiger partial charge is 0.301 e. The van der Waals surface area contributed by atoms with Crippen molar-refractivity contribution in [3.8, 4) is 0 Å². The van der Waals surface area contributed by atoms with Gasteiger partial charge in [0.2, 0.25) is 0 Å². The predicted molar refractivity (Wildman–Crippen MR) is 61.3 cm³/mol. The number of rotatable bonds is 5. The molecule has 0 unspecified atom stereocenters. The minimum atomic E-state index is -3.71. The zero-order valence-corrected chi connectivity index (χ0v) is 11.7. The highest BCUT2D eigenvalue weighted by molar-refractivity contribution is 7.48. The molecule has 0 radical (unpaired) electrons. The fourth-order valence-corrected chi connectivity index (χ4v) is 2.59. The van der Waals surface area contributed by atoms with Crippen LogP contribution in [0.1, 0.15) is 41.5 Å². The molecule has 0 bridgehead atoms. The lowest BCUT2D eigenvalue weighted by molar-refractivity contribution is -0.110. The summed E-state index contributed by atoms with van der Waals surface area (Å²) in [5, 5.41) is 0. The second-order valence-corrected chi connectivity index (χ2v) is 6.83. The molecule has 0 aliphatic rings. The molecule has 0 fully saturated rings. The Bertz CT molecular complexity index is 254. The van der Waals surface area contributed by atoms with Crippen molar-refractivity contribution < 1.29 is 22.9 Å². The fraction of sp³-hybridized carbons (Fsp3) is 0.900. The molecule has 0 aromatic carbocycles. The van der Waals surface area contributed by atoms with E-state index in [4.69, 9.17) is 13.6 Å². The molecule has 0 heterocycles. The molecule has 6 heteroatoms. The van der Waals surface area contributed by atoms with E-state index in [0.29, 0.717) is 6.29 Å². The van der Waals surface area contributed by atoms with E-state index in [9.17, 15) is 9.36 Å². The molecule has 16 heavy (non-hydrogen) atoms. The van der Waals surface area contributed by atoms with Gasteiger partial charge in [0.15, 0.2) is 0 Å². The summed E-state index contributed by atoms with van der Waals surface area (Å²) in [4.78, 5) is 10.2. The third-order valence-electron chi connectivity index (χ3n) is 1.07. The van der Waals surface area contributed by atoms with Crippen molar-refractivity contribution in [1.29, 1.82) is 0 Å². The van der Waals surface area contributed by atoms with E-state index in [0.717, 1.165) is 0 Å². The topological polar surface area (TPSA) is 61.8 Å². The summed E-state index contributed by atoms with van der Waals surface area (Å²) >= 11 is 0. The average Bonchev–Trinajstić information content (AvgIpc) is 1.93. The summed E-state index contributed by atoms with van der Waals surface area (Å²) in [6, 6.07) is 0. The summed E-state index contributed by atoms with van der Waals surface area (Å²) in [5.74, 6) is 0. The van der Waals surface area contributed by atoms with E-state index >= 15 is 0 Å². The normalized spacial score (nSPS) is 13.9. The number of phosphoric ester groups is 1. The molecule has 5 nitrogen and oxygen atoms in total. The Labute approximate surface area is 97.1 Å². The highest BCUT2D eigenvalue weighted by Crippen LogP contribution is 2.55. The molecule has 0 spiro atoms. The first kappa shape index (κ1) is 15.8. The molecule has 0 aromatic rings. The van der Waals surface area contributed by atoms with Gasteiger partial charge < -0.3 is 4.79 Å². The Morgan fingerprint density at radius 3 is 1.62 bits per heavy atom. The van der Waals surface area contributed by atoms with Crippen molar-refractivity contribution >= 4 is 14.1 Å². The third-order valence-corrected chi connectivity index (χ3v) is 3.08.